The lowest BCUT2D eigenvalue weighted by molar-refractivity contribution is -0.143. The summed E-state index contributed by atoms with van der Waals surface area (Å²) >= 11 is 0. The molecule has 8 nitrogen and oxygen atoms in total. The number of carbonyl (C=O) groups is 2. The number of alkyl carbamates (subject to hydrolysis) is 1. The zero-order chi connectivity index (χ0) is 24.1. The van der Waals surface area contributed by atoms with Crippen LogP contribution in [0.3, 0.4) is 0 Å². The minimum Gasteiger partial charge on any atom is -0.467 e. The first-order valence-corrected chi connectivity index (χ1v) is 14.6. The molecule has 0 aliphatic heterocycles. The Kier molecular flexibility index (Phi) is 8.47. The second-order valence-corrected chi connectivity index (χ2v) is 15.9. The van der Waals surface area contributed by atoms with Gasteiger partial charge in [0.2, 0.25) is 0 Å². The number of hydrogen-bond donors (Lipinski definition) is 1. The highest BCUT2D eigenvalue weighted by Crippen LogP contribution is 2.21. The van der Waals surface area contributed by atoms with Gasteiger partial charge in [-0.1, -0.05) is 25.7 Å². The Balaban J connectivity index is 2.12. The minimum absolute atomic E-state index is 0.278. The van der Waals surface area contributed by atoms with Crippen molar-refractivity contribution in [3.05, 3.63) is 29.5 Å². The van der Waals surface area contributed by atoms with Crippen molar-refractivity contribution in [2.45, 2.75) is 78.2 Å². The molecule has 0 fully saturated rings. The number of fused-ring (bicyclic) bond motifs is 1. The molecule has 178 valence electrons. The van der Waals surface area contributed by atoms with E-state index in [9.17, 15) is 9.59 Å². The number of aromatic nitrogens is 2. The van der Waals surface area contributed by atoms with Crippen molar-refractivity contribution < 1.29 is 23.8 Å². The Morgan fingerprint density at radius 1 is 1.22 bits per heavy atom. The molecule has 1 amide bonds. The van der Waals surface area contributed by atoms with Gasteiger partial charge in [-0.05, 0) is 50.9 Å². The number of aryl methyl sites for hydroxylation is 1. The third kappa shape index (κ3) is 8.27. The number of amides is 1. The average molecular weight is 464 g/mol. The Bertz CT molecular complexity index is 943. The fourth-order valence-corrected chi connectivity index (χ4v) is 3.93. The first-order chi connectivity index (χ1) is 14.8. The molecule has 9 heteroatoms. The van der Waals surface area contributed by atoms with Gasteiger partial charge in [-0.2, -0.15) is 5.10 Å². The van der Waals surface area contributed by atoms with Gasteiger partial charge in [0.1, 0.15) is 18.4 Å². The van der Waals surface area contributed by atoms with Gasteiger partial charge in [0.25, 0.3) is 0 Å². The van der Waals surface area contributed by atoms with Crippen molar-refractivity contribution in [3.63, 3.8) is 0 Å². The predicted molar refractivity (Wildman–Crippen MR) is 127 cm³/mol. The van der Waals surface area contributed by atoms with E-state index in [1.54, 1.807) is 25.5 Å². The fraction of sp³-hybridized carbons (Fsp3) is 0.609. The van der Waals surface area contributed by atoms with Gasteiger partial charge in [-0.3, -0.25) is 0 Å². The lowest BCUT2D eigenvalue weighted by Gasteiger charge is -2.22. The number of benzene rings is 1. The molecule has 1 unspecified atom stereocenters. The quantitative estimate of drug-likeness (QED) is 0.339. The minimum atomic E-state index is -1.13. The van der Waals surface area contributed by atoms with Gasteiger partial charge >= 0.3 is 12.1 Å². The van der Waals surface area contributed by atoms with Crippen LogP contribution in [0.5, 0.6) is 0 Å². The number of nitrogens with zero attached hydrogens (tertiary/aromatic N) is 2. The van der Waals surface area contributed by atoms with Crippen LogP contribution in [-0.4, -0.2) is 55.3 Å². The summed E-state index contributed by atoms with van der Waals surface area (Å²) in [6.45, 7) is 15.4. The Hall–Kier alpha value is -2.39. The van der Waals surface area contributed by atoms with Crippen molar-refractivity contribution in [2.24, 2.45) is 0 Å². The molecule has 2 rings (SSSR count). The highest BCUT2D eigenvalue weighted by Gasteiger charge is 2.25. The molecular formula is C23H37N3O5Si. The smallest absolute Gasteiger partial charge is 0.408 e. The fourth-order valence-electron chi connectivity index (χ4n) is 3.18. The standard InChI is InChI=1S/C23H37N3O5Si/c1-16-11-17(13-19(21(27)29-5)24-22(28)31-23(2,3)4)12-18-14-26(25-20(16)18)15-30-9-10-32(6,7)8/h11-12,14,19H,9-10,13,15H2,1-8H3,(H,24,28). The van der Waals surface area contributed by atoms with E-state index in [0.717, 1.165) is 34.7 Å². The van der Waals surface area contributed by atoms with E-state index in [0.29, 0.717) is 6.73 Å². The number of hydrogen-bond acceptors (Lipinski definition) is 6. The van der Waals surface area contributed by atoms with Gasteiger partial charge in [0, 0.05) is 32.7 Å². The first-order valence-electron chi connectivity index (χ1n) is 10.9. The highest BCUT2D eigenvalue weighted by molar-refractivity contribution is 6.76. The molecule has 1 N–H and O–H groups in total. The van der Waals surface area contributed by atoms with E-state index < -0.39 is 31.8 Å². The molecule has 0 aliphatic carbocycles. The Labute approximate surface area is 191 Å². The summed E-state index contributed by atoms with van der Waals surface area (Å²) in [6.07, 6.45) is 1.56. The van der Waals surface area contributed by atoms with E-state index in [1.807, 2.05) is 25.3 Å². The van der Waals surface area contributed by atoms with Crippen LogP contribution in [0.25, 0.3) is 10.9 Å². The van der Waals surface area contributed by atoms with Gasteiger partial charge in [-0.15, -0.1) is 0 Å². The summed E-state index contributed by atoms with van der Waals surface area (Å²) in [7, 11) is 0.170. The predicted octanol–water partition coefficient (Wildman–Crippen LogP) is 4.27. The SMILES string of the molecule is COC(=O)C(Cc1cc(C)c2nn(COCC[Si](C)(C)C)cc2c1)NC(=O)OC(C)(C)C. The molecule has 1 aromatic heterocycles. The summed E-state index contributed by atoms with van der Waals surface area (Å²) in [6, 6.07) is 4.20. The monoisotopic (exact) mass is 463 g/mol. The Morgan fingerprint density at radius 3 is 2.50 bits per heavy atom. The van der Waals surface area contributed by atoms with Crippen LogP contribution >= 0.6 is 0 Å². The van der Waals surface area contributed by atoms with Crippen LogP contribution in [-0.2, 0) is 32.2 Å². The van der Waals surface area contributed by atoms with Crippen molar-refractivity contribution in [2.75, 3.05) is 13.7 Å². The number of carbonyl (C=O) groups excluding carboxylic acids is 2. The molecule has 1 atom stereocenters. The van der Waals surface area contributed by atoms with Crippen LogP contribution < -0.4 is 5.32 Å². The van der Waals surface area contributed by atoms with Crippen molar-refractivity contribution in [1.82, 2.24) is 15.1 Å². The van der Waals surface area contributed by atoms with E-state index in [4.69, 9.17) is 14.2 Å². The van der Waals surface area contributed by atoms with E-state index in [-0.39, 0.29) is 6.42 Å². The summed E-state index contributed by atoms with van der Waals surface area (Å²) in [4.78, 5) is 24.4. The second-order valence-electron chi connectivity index (χ2n) is 10.3. The largest absolute Gasteiger partial charge is 0.467 e. The summed E-state index contributed by atoms with van der Waals surface area (Å²) in [5.41, 5.74) is 2.10. The van der Waals surface area contributed by atoms with Crippen LogP contribution in [0, 0.1) is 6.92 Å². The first kappa shape index (κ1) is 25.9. The zero-order valence-corrected chi connectivity index (χ0v) is 21.6. The van der Waals surface area contributed by atoms with Crippen LogP contribution in [0.1, 0.15) is 31.9 Å². The third-order valence-electron chi connectivity index (χ3n) is 4.74. The molecule has 1 aromatic carbocycles. The van der Waals surface area contributed by atoms with Crippen molar-refractivity contribution in [3.8, 4) is 0 Å². The molecule has 0 spiro atoms. The number of esters is 1. The maximum atomic E-state index is 12.3. The molecule has 2 aromatic rings. The lowest BCUT2D eigenvalue weighted by atomic mass is 10.0. The van der Waals surface area contributed by atoms with Gasteiger partial charge < -0.3 is 19.5 Å². The Morgan fingerprint density at radius 2 is 1.91 bits per heavy atom. The topological polar surface area (TPSA) is 91.7 Å². The molecule has 0 bridgehead atoms. The second kappa shape index (κ2) is 10.5. The van der Waals surface area contributed by atoms with E-state index >= 15 is 0 Å². The maximum absolute atomic E-state index is 12.3. The number of rotatable bonds is 9. The van der Waals surface area contributed by atoms with E-state index in [1.165, 1.54) is 7.11 Å². The zero-order valence-electron chi connectivity index (χ0n) is 20.6. The molecule has 1 heterocycles. The molecule has 0 saturated heterocycles. The van der Waals surface area contributed by atoms with Gasteiger partial charge in [-0.25, -0.2) is 14.3 Å². The van der Waals surface area contributed by atoms with Crippen LogP contribution in [0.4, 0.5) is 4.79 Å². The van der Waals surface area contributed by atoms with Gasteiger partial charge in [0.05, 0.1) is 12.6 Å². The number of nitrogens with one attached hydrogen (secondary N) is 1. The van der Waals surface area contributed by atoms with Crippen molar-refractivity contribution in [1.29, 1.82) is 0 Å². The maximum Gasteiger partial charge on any atom is 0.408 e. The summed E-state index contributed by atoms with van der Waals surface area (Å²) < 4.78 is 17.8. The molecule has 32 heavy (non-hydrogen) atoms. The number of methoxy groups -OCH3 is 1. The normalized spacial score (nSPS) is 13.1. The van der Waals surface area contributed by atoms with Crippen LogP contribution in [0.2, 0.25) is 25.7 Å². The van der Waals surface area contributed by atoms with Gasteiger partial charge in [0.15, 0.2) is 0 Å². The lowest BCUT2D eigenvalue weighted by Crippen LogP contribution is -2.45. The van der Waals surface area contributed by atoms with Crippen LogP contribution in [0.15, 0.2) is 18.3 Å². The molecule has 0 radical (unpaired) electrons. The molecule has 0 saturated carbocycles. The average Bonchev–Trinajstić information content (AvgIpc) is 3.05. The highest BCUT2D eigenvalue weighted by atomic mass is 28.3. The summed E-state index contributed by atoms with van der Waals surface area (Å²) in [5.74, 6) is -0.528. The third-order valence-corrected chi connectivity index (χ3v) is 6.45. The van der Waals surface area contributed by atoms with Crippen molar-refractivity contribution >= 4 is 31.0 Å². The molecular weight excluding hydrogens is 426 g/mol. The molecule has 0 aliphatic rings. The van der Waals surface area contributed by atoms with E-state index in [2.05, 4.69) is 30.1 Å². The number of ether oxygens (including phenoxy) is 3. The summed E-state index contributed by atoms with van der Waals surface area (Å²) in [5, 5.41) is 8.20.